The van der Waals surface area contributed by atoms with Crippen LogP contribution in [-0.2, 0) is 19.1 Å². The number of rotatable bonds is 4. The van der Waals surface area contributed by atoms with E-state index in [1.54, 1.807) is 0 Å². The summed E-state index contributed by atoms with van der Waals surface area (Å²) >= 11 is 0. The number of ether oxygens (including phenoxy) is 2. The Labute approximate surface area is 110 Å². The van der Waals surface area contributed by atoms with Crippen molar-refractivity contribution in [3.8, 4) is 0 Å². The number of alkyl halides is 2. The van der Waals surface area contributed by atoms with E-state index in [4.69, 9.17) is 0 Å². The quantitative estimate of drug-likeness (QED) is 0.584. The van der Waals surface area contributed by atoms with Gasteiger partial charge in [0, 0.05) is 12.8 Å². The summed E-state index contributed by atoms with van der Waals surface area (Å²) in [4.78, 5) is 23.4. The molecule has 2 atom stereocenters. The van der Waals surface area contributed by atoms with Gasteiger partial charge in [-0.1, -0.05) is 6.08 Å². The second kappa shape index (κ2) is 5.67. The molecule has 1 fully saturated rings. The number of allylic oxidation sites excluding steroid dienone is 1. The SMILES string of the molecule is C=CC[C@@]1(C(=O)OC)C[C@H](C(=O)OC)CC(F)(F)C1. The smallest absolute Gasteiger partial charge is 0.312 e. The fourth-order valence-electron chi connectivity index (χ4n) is 2.76. The second-order valence-corrected chi connectivity index (χ2v) is 4.93. The van der Waals surface area contributed by atoms with Gasteiger partial charge < -0.3 is 9.47 Å². The van der Waals surface area contributed by atoms with Crippen LogP contribution in [0, 0.1) is 11.3 Å². The molecular weight excluding hydrogens is 258 g/mol. The van der Waals surface area contributed by atoms with Crippen LogP contribution in [0.3, 0.4) is 0 Å². The van der Waals surface area contributed by atoms with E-state index in [-0.39, 0.29) is 12.8 Å². The average Bonchev–Trinajstić information content (AvgIpc) is 2.35. The summed E-state index contributed by atoms with van der Waals surface area (Å²) in [5.74, 6) is -5.57. The maximum absolute atomic E-state index is 13.8. The van der Waals surface area contributed by atoms with Crippen molar-refractivity contribution < 1.29 is 27.8 Å². The molecule has 0 radical (unpaired) electrons. The van der Waals surface area contributed by atoms with E-state index < -0.39 is 42.0 Å². The third kappa shape index (κ3) is 3.30. The fourth-order valence-corrected chi connectivity index (χ4v) is 2.76. The van der Waals surface area contributed by atoms with Crippen molar-refractivity contribution in [3.05, 3.63) is 12.7 Å². The molecule has 4 nitrogen and oxygen atoms in total. The topological polar surface area (TPSA) is 52.6 Å². The highest BCUT2D eigenvalue weighted by atomic mass is 19.3. The molecule has 1 saturated carbocycles. The Kier molecular flexibility index (Phi) is 4.66. The van der Waals surface area contributed by atoms with Crippen LogP contribution in [0.2, 0.25) is 0 Å². The summed E-state index contributed by atoms with van der Waals surface area (Å²) in [5.41, 5.74) is -1.41. The standard InChI is InChI=1S/C13H18F2O4/c1-4-5-12(11(17)19-3)6-9(10(16)18-2)7-13(14,15)8-12/h4,9H,1,5-8H2,2-3H3/t9-,12+/m0/s1. The van der Waals surface area contributed by atoms with E-state index >= 15 is 0 Å². The van der Waals surface area contributed by atoms with Crippen molar-refractivity contribution in [3.63, 3.8) is 0 Å². The maximum atomic E-state index is 13.8. The Morgan fingerprint density at radius 3 is 2.42 bits per heavy atom. The van der Waals surface area contributed by atoms with E-state index in [9.17, 15) is 18.4 Å². The van der Waals surface area contributed by atoms with Crippen molar-refractivity contribution in [2.75, 3.05) is 14.2 Å². The third-order valence-electron chi connectivity index (χ3n) is 3.47. The van der Waals surface area contributed by atoms with Crippen molar-refractivity contribution >= 4 is 11.9 Å². The Balaban J connectivity index is 3.11. The van der Waals surface area contributed by atoms with E-state index in [0.717, 1.165) is 14.2 Å². The van der Waals surface area contributed by atoms with Crippen LogP contribution in [0.15, 0.2) is 12.7 Å². The molecule has 0 saturated heterocycles. The third-order valence-corrected chi connectivity index (χ3v) is 3.47. The largest absolute Gasteiger partial charge is 0.469 e. The fraction of sp³-hybridized carbons (Fsp3) is 0.692. The first-order chi connectivity index (χ1) is 8.80. The van der Waals surface area contributed by atoms with E-state index in [0.29, 0.717) is 0 Å². The number of esters is 2. The molecular formula is C13H18F2O4. The number of halogens is 2. The van der Waals surface area contributed by atoms with E-state index in [1.807, 2.05) is 0 Å². The van der Waals surface area contributed by atoms with Crippen molar-refractivity contribution in [2.45, 2.75) is 31.6 Å². The van der Waals surface area contributed by atoms with Gasteiger partial charge in [0.2, 0.25) is 5.92 Å². The zero-order valence-corrected chi connectivity index (χ0v) is 11.1. The molecule has 0 aromatic heterocycles. The first-order valence-corrected chi connectivity index (χ1v) is 5.95. The van der Waals surface area contributed by atoms with Crippen LogP contribution in [0.5, 0.6) is 0 Å². The molecule has 1 rings (SSSR count). The number of hydrogen-bond donors (Lipinski definition) is 0. The highest BCUT2D eigenvalue weighted by Gasteiger charge is 2.55. The lowest BCUT2D eigenvalue weighted by Crippen LogP contribution is -2.47. The molecule has 0 aromatic carbocycles. The van der Waals surface area contributed by atoms with Gasteiger partial charge in [-0.25, -0.2) is 8.78 Å². The van der Waals surface area contributed by atoms with Gasteiger partial charge >= 0.3 is 11.9 Å². The molecule has 0 unspecified atom stereocenters. The predicted molar refractivity (Wildman–Crippen MR) is 63.6 cm³/mol. The molecule has 1 aliphatic carbocycles. The van der Waals surface area contributed by atoms with Gasteiger partial charge in [-0.15, -0.1) is 6.58 Å². The van der Waals surface area contributed by atoms with Gasteiger partial charge in [0.15, 0.2) is 0 Å². The average molecular weight is 276 g/mol. The van der Waals surface area contributed by atoms with Crippen LogP contribution in [0.25, 0.3) is 0 Å². The summed E-state index contributed by atoms with van der Waals surface area (Å²) in [6.07, 6.45) is 0.200. The summed E-state index contributed by atoms with van der Waals surface area (Å²) in [5, 5.41) is 0. The lowest BCUT2D eigenvalue weighted by Gasteiger charge is -2.40. The van der Waals surface area contributed by atoms with Crippen molar-refractivity contribution in [2.24, 2.45) is 11.3 Å². The monoisotopic (exact) mass is 276 g/mol. The molecule has 0 amide bonds. The van der Waals surface area contributed by atoms with Gasteiger partial charge in [0.25, 0.3) is 0 Å². The molecule has 19 heavy (non-hydrogen) atoms. The number of carbonyl (C=O) groups excluding carboxylic acids is 2. The van der Waals surface area contributed by atoms with Crippen LogP contribution in [0.1, 0.15) is 25.7 Å². The number of hydrogen-bond acceptors (Lipinski definition) is 4. The lowest BCUT2D eigenvalue weighted by atomic mass is 9.66. The summed E-state index contributed by atoms with van der Waals surface area (Å²) in [6.45, 7) is 3.49. The molecule has 108 valence electrons. The molecule has 0 bridgehead atoms. The van der Waals surface area contributed by atoms with Crippen molar-refractivity contribution in [1.82, 2.24) is 0 Å². The Morgan fingerprint density at radius 1 is 1.32 bits per heavy atom. The number of carbonyl (C=O) groups is 2. The minimum atomic E-state index is -3.10. The van der Waals surface area contributed by atoms with E-state index in [1.165, 1.54) is 6.08 Å². The van der Waals surface area contributed by atoms with Crippen molar-refractivity contribution in [1.29, 1.82) is 0 Å². The summed E-state index contributed by atoms with van der Waals surface area (Å²) in [6, 6.07) is 0. The Bertz CT molecular complexity index is 381. The zero-order chi connectivity index (χ0) is 14.7. The first kappa shape index (κ1) is 15.6. The molecule has 6 heteroatoms. The highest BCUT2D eigenvalue weighted by Crippen LogP contribution is 2.50. The first-order valence-electron chi connectivity index (χ1n) is 5.95. The minimum Gasteiger partial charge on any atom is -0.469 e. The summed E-state index contributed by atoms with van der Waals surface area (Å²) in [7, 11) is 2.29. The lowest BCUT2D eigenvalue weighted by molar-refractivity contribution is -0.176. The Morgan fingerprint density at radius 2 is 1.95 bits per heavy atom. The zero-order valence-electron chi connectivity index (χ0n) is 11.1. The van der Waals surface area contributed by atoms with Crippen LogP contribution < -0.4 is 0 Å². The predicted octanol–water partition coefficient (Wildman–Crippen LogP) is 2.33. The van der Waals surface area contributed by atoms with Gasteiger partial charge in [0.1, 0.15) is 0 Å². The molecule has 1 aliphatic rings. The van der Waals surface area contributed by atoms with Gasteiger partial charge in [-0.05, 0) is 12.8 Å². The molecule has 0 N–H and O–H groups in total. The molecule has 0 aromatic rings. The molecule has 0 heterocycles. The minimum absolute atomic E-state index is 0.00600. The molecule has 0 aliphatic heterocycles. The second-order valence-electron chi connectivity index (χ2n) is 4.93. The van der Waals surface area contributed by atoms with E-state index in [2.05, 4.69) is 16.1 Å². The maximum Gasteiger partial charge on any atom is 0.312 e. The highest BCUT2D eigenvalue weighted by molar-refractivity contribution is 5.80. The van der Waals surface area contributed by atoms with Crippen LogP contribution in [0.4, 0.5) is 8.78 Å². The van der Waals surface area contributed by atoms with Gasteiger partial charge in [0.05, 0.1) is 25.6 Å². The normalized spacial score (nSPS) is 29.4. The summed E-state index contributed by atoms with van der Waals surface area (Å²) < 4.78 is 36.8. The van der Waals surface area contributed by atoms with Gasteiger partial charge in [-0.2, -0.15) is 0 Å². The molecule has 0 spiro atoms. The number of methoxy groups -OCH3 is 2. The Hall–Kier alpha value is -1.46. The van der Waals surface area contributed by atoms with Crippen LogP contribution in [-0.4, -0.2) is 32.1 Å². The van der Waals surface area contributed by atoms with Gasteiger partial charge in [-0.3, -0.25) is 9.59 Å². The van der Waals surface area contributed by atoms with Crippen LogP contribution >= 0.6 is 0 Å².